The number of nitrogens with one attached hydrogen (secondary N) is 1. The Morgan fingerprint density at radius 1 is 1.24 bits per heavy atom. The molecular weight excluding hydrogens is 330 g/mol. The molecule has 0 aliphatic rings. The first-order valence-corrected chi connectivity index (χ1v) is 7.30. The summed E-state index contributed by atoms with van der Waals surface area (Å²) >= 11 is 3.46. The Hall–Kier alpha value is -1.96. The number of aliphatic hydroxyl groups is 1. The van der Waals surface area contributed by atoms with E-state index < -0.39 is 0 Å². The van der Waals surface area contributed by atoms with Gasteiger partial charge in [0.05, 0.1) is 6.61 Å². The molecule has 21 heavy (non-hydrogen) atoms. The van der Waals surface area contributed by atoms with Crippen molar-refractivity contribution in [2.75, 3.05) is 11.9 Å². The lowest BCUT2D eigenvalue weighted by Crippen LogP contribution is -2.04. The SMILES string of the molecule is C#CCOc1ccc(Br)cc1CNc1cccc(CO)c1. The first-order chi connectivity index (χ1) is 10.2. The number of benzene rings is 2. The number of aliphatic hydroxyl groups excluding tert-OH is 1. The second-order valence-corrected chi connectivity index (χ2v) is 5.37. The summed E-state index contributed by atoms with van der Waals surface area (Å²) < 4.78 is 6.52. The molecule has 0 aromatic heterocycles. The van der Waals surface area contributed by atoms with E-state index in [9.17, 15) is 0 Å². The van der Waals surface area contributed by atoms with Crippen LogP contribution >= 0.6 is 15.9 Å². The topological polar surface area (TPSA) is 41.5 Å². The quantitative estimate of drug-likeness (QED) is 0.786. The molecule has 4 heteroatoms. The van der Waals surface area contributed by atoms with Crippen molar-refractivity contribution in [3.05, 3.63) is 58.1 Å². The highest BCUT2D eigenvalue weighted by Gasteiger charge is 2.05. The largest absolute Gasteiger partial charge is 0.481 e. The molecule has 2 aromatic rings. The smallest absolute Gasteiger partial charge is 0.148 e. The summed E-state index contributed by atoms with van der Waals surface area (Å²) in [4.78, 5) is 0. The van der Waals surface area contributed by atoms with Gasteiger partial charge in [0.1, 0.15) is 12.4 Å². The van der Waals surface area contributed by atoms with Crippen LogP contribution in [-0.4, -0.2) is 11.7 Å². The Morgan fingerprint density at radius 3 is 2.86 bits per heavy atom. The summed E-state index contributed by atoms with van der Waals surface area (Å²) in [6, 6.07) is 13.5. The van der Waals surface area contributed by atoms with Crippen LogP contribution in [0.1, 0.15) is 11.1 Å². The standard InChI is InChI=1S/C17H16BrNO2/c1-2-8-21-17-7-6-15(18)10-14(17)11-19-16-5-3-4-13(9-16)12-20/h1,3-7,9-10,19-20H,8,11-12H2. The van der Waals surface area contributed by atoms with Crippen LogP contribution in [0.4, 0.5) is 5.69 Å². The molecule has 0 radical (unpaired) electrons. The molecule has 0 spiro atoms. The number of ether oxygens (including phenoxy) is 1. The number of terminal acetylenes is 1. The molecule has 0 aliphatic heterocycles. The van der Waals surface area contributed by atoms with E-state index in [0.29, 0.717) is 6.54 Å². The van der Waals surface area contributed by atoms with Crippen molar-refractivity contribution in [2.24, 2.45) is 0 Å². The molecule has 0 aliphatic carbocycles. The molecule has 2 N–H and O–H groups in total. The van der Waals surface area contributed by atoms with Gasteiger partial charge in [0.25, 0.3) is 0 Å². The molecule has 2 rings (SSSR count). The monoisotopic (exact) mass is 345 g/mol. The number of halogens is 1. The van der Waals surface area contributed by atoms with Crippen LogP contribution in [0.3, 0.4) is 0 Å². The maximum atomic E-state index is 9.15. The van der Waals surface area contributed by atoms with E-state index in [4.69, 9.17) is 16.3 Å². The fourth-order valence-corrected chi connectivity index (χ4v) is 2.33. The van der Waals surface area contributed by atoms with Gasteiger partial charge in [-0.05, 0) is 35.9 Å². The molecule has 3 nitrogen and oxygen atoms in total. The minimum atomic E-state index is 0.0307. The fraction of sp³-hybridized carbons (Fsp3) is 0.176. The van der Waals surface area contributed by atoms with E-state index >= 15 is 0 Å². The summed E-state index contributed by atoms with van der Waals surface area (Å²) in [5.74, 6) is 3.23. The molecular formula is C17H16BrNO2. The maximum absolute atomic E-state index is 9.15. The predicted molar refractivity (Wildman–Crippen MR) is 88.2 cm³/mol. The second-order valence-electron chi connectivity index (χ2n) is 4.46. The maximum Gasteiger partial charge on any atom is 0.148 e. The highest BCUT2D eigenvalue weighted by molar-refractivity contribution is 9.10. The van der Waals surface area contributed by atoms with Gasteiger partial charge in [-0.1, -0.05) is 34.0 Å². The van der Waals surface area contributed by atoms with Crippen LogP contribution in [0.25, 0.3) is 0 Å². The zero-order valence-corrected chi connectivity index (χ0v) is 13.1. The fourth-order valence-electron chi connectivity index (χ4n) is 1.92. The number of rotatable bonds is 6. The van der Waals surface area contributed by atoms with Crippen LogP contribution in [0.15, 0.2) is 46.9 Å². The molecule has 2 aromatic carbocycles. The Labute approximate surface area is 133 Å². The van der Waals surface area contributed by atoms with E-state index in [2.05, 4.69) is 27.2 Å². The zero-order valence-electron chi connectivity index (χ0n) is 11.5. The van der Waals surface area contributed by atoms with Crippen molar-refractivity contribution < 1.29 is 9.84 Å². The van der Waals surface area contributed by atoms with Crippen LogP contribution in [0.5, 0.6) is 5.75 Å². The molecule has 0 atom stereocenters. The zero-order chi connectivity index (χ0) is 15.1. The van der Waals surface area contributed by atoms with Crippen molar-refractivity contribution in [3.8, 4) is 18.1 Å². The van der Waals surface area contributed by atoms with E-state index in [1.165, 1.54) is 0 Å². The van der Waals surface area contributed by atoms with Crippen molar-refractivity contribution >= 4 is 21.6 Å². The molecule has 0 amide bonds. The van der Waals surface area contributed by atoms with Gasteiger partial charge >= 0.3 is 0 Å². The summed E-state index contributed by atoms with van der Waals surface area (Å²) in [7, 11) is 0. The van der Waals surface area contributed by atoms with Gasteiger partial charge < -0.3 is 15.2 Å². The summed E-state index contributed by atoms with van der Waals surface area (Å²) in [5, 5.41) is 12.5. The average Bonchev–Trinajstić information content (AvgIpc) is 2.52. The minimum absolute atomic E-state index is 0.0307. The molecule has 0 unspecified atom stereocenters. The molecule has 0 saturated heterocycles. The van der Waals surface area contributed by atoms with Crippen molar-refractivity contribution in [3.63, 3.8) is 0 Å². The van der Waals surface area contributed by atoms with Gasteiger partial charge in [-0.3, -0.25) is 0 Å². The summed E-state index contributed by atoms with van der Waals surface area (Å²) in [6.07, 6.45) is 5.23. The van der Waals surface area contributed by atoms with Gasteiger partial charge in [0.2, 0.25) is 0 Å². The van der Waals surface area contributed by atoms with Gasteiger partial charge in [0, 0.05) is 22.3 Å². The summed E-state index contributed by atoms with van der Waals surface area (Å²) in [5.41, 5.74) is 2.83. The van der Waals surface area contributed by atoms with Crippen LogP contribution < -0.4 is 10.1 Å². The average molecular weight is 346 g/mol. The third-order valence-corrected chi connectivity index (χ3v) is 3.42. The number of anilines is 1. The third kappa shape index (κ3) is 4.52. The Balaban J connectivity index is 2.11. The van der Waals surface area contributed by atoms with E-state index in [1.54, 1.807) is 0 Å². The van der Waals surface area contributed by atoms with E-state index in [0.717, 1.165) is 27.0 Å². The summed E-state index contributed by atoms with van der Waals surface area (Å²) in [6.45, 7) is 0.881. The lowest BCUT2D eigenvalue weighted by molar-refractivity contribution is 0.282. The Morgan fingerprint density at radius 2 is 2.10 bits per heavy atom. The minimum Gasteiger partial charge on any atom is -0.481 e. The van der Waals surface area contributed by atoms with E-state index in [-0.39, 0.29) is 13.2 Å². The van der Waals surface area contributed by atoms with Gasteiger partial charge in [-0.25, -0.2) is 0 Å². The highest BCUT2D eigenvalue weighted by Crippen LogP contribution is 2.24. The molecule has 0 saturated carbocycles. The number of hydrogen-bond donors (Lipinski definition) is 2. The highest BCUT2D eigenvalue weighted by atomic mass is 79.9. The van der Waals surface area contributed by atoms with Gasteiger partial charge in [0.15, 0.2) is 0 Å². The molecule has 108 valence electrons. The first-order valence-electron chi connectivity index (χ1n) is 6.51. The molecule has 0 heterocycles. The lowest BCUT2D eigenvalue weighted by atomic mass is 10.1. The van der Waals surface area contributed by atoms with Crippen LogP contribution in [0.2, 0.25) is 0 Å². The Bertz CT molecular complexity index is 649. The number of hydrogen-bond acceptors (Lipinski definition) is 3. The first kappa shape index (κ1) is 15.4. The molecule has 0 bridgehead atoms. The van der Waals surface area contributed by atoms with Gasteiger partial charge in [-0.15, -0.1) is 6.42 Å². The molecule has 0 fully saturated rings. The lowest BCUT2D eigenvalue weighted by Gasteiger charge is -2.12. The van der Waals surface area contributed by atoms with Crippen LogP contribution in [-0.2, 0) is 13.2 Å². The van der Waals surface area contributed by atoms with Gasteiger partial charge in [-0.2, -0.15) is 0 Å². The Kier molecular flexibility index (Phi) is 5.68. The second kappa shape index (κ2) is 7.72. The van der Waals surface area contributed by atoms with E-state index in [1.807, 2.05) is 42.5 Å². The normalized spacial score (nSPS) is 9.95. The van der Waals surface area contributed by atoms with Crippen molar-refractivity contribution in [2.45, 2.75) is 13.2 Å². The predicted octanol–water partition coefficient (Wildman–Crippen LogP) is 3.57. The van der Waals surface area contributed by atoms with Crippen molar-refractivity contribution in [1.82, 2.24) is 0 Å². The third-order valence-electron chi connectivity index (χ3n) is 2.93. The van der Waals surface area contributed by atoms with Crippen LogP contribution in [0, 0.1) is 12.3 Å². The van der Waals surface area contributed by atoms with Crippen molar-refractivity contribution in [1.29, 1.82) is 0 Å².